The molecule has 0 aromatic rings. The van der Waals surface area contributed by atoms with Crippen molar-refractivity contribution in [1.82, 2.24) is 0 Å². The van der Waals surface area contributed by atoms with E-state index in [1.165, 1.54) is 0 Å². The maximum Gasteiger partial charge on any atom is 2.00 e. The Kier molecular flexibility index (Phi) is 27.5. The third-order valence-corrected chi connectivity index (χ3v) is 3.20. The number of unbranched alkanes of at least 4 members (excludes halogenated alkanes) is 6. The van der Waals surface area contributed by atoms with Gasteiger partial charge in [-0.1, -0.05) is 52.4 Å². The molecule has 0 aromatic carbocycles. The fourth-order valence-electron chi connectivity index (χ4n) is 1.77. The van der Waals surface area contributed by atoms with Gasteiger partial charge in [-0.2, -0.15) is 0 Å². The van der Waals surface area contributed by atoms with Crippen molar-refractivity contribution in [2.75, 3.05) is 13.2 Å². The van der Waals surface area contributed by atoms with E-state index in [4.69, 9.17) is 9.47 Å². The molecular formula is C20H30CaO8. The standard InChI is InChI=1S/2C10H16O4.Ca/c2*1-2-3-4-5-8-14-10(13)7-6-9(11)12;/h2*6-7H,2-5,8H2,1H3,(H,11,12);/q;;+2/p-2/b2*7-6-;. The van der Waals surface area contributed by atoms with Gasteiger partial charge >= 0.3 is 49.7 Å². The SMILES string of the molecule is CCCCCCOC(=O)/C=C\C(=O)[O-].CCCCCCOC(=O)/C=C\C(=O)[O-].[Ca+2]. The average molecular weight is 439 g/mol. The predicted molar refractivity (Wildman–Crippen MR) is 104 cm³/mol. The molecule has 0 saturated heterocycles. The Morgan fingerprint density at radius 2 is 0.966 bits per heavy atom. The summed E-state index contributed by atoms with van der Waals surface area (Å²) in [4.78, 5) is 41.4. The zero-order valence-corrected chi connectivity index (χ0v) is 19.6. The Morgan fingerprint density at radius 1 is 0.621 bits per heavy atom. The molecule has 9 heteroatoms. The molecule has 0 aromatic heterocycles. The summed E-state index contributed by atoms with van der Waals surface area (Å²) in [7, 11) is 0. The van der Waals surface area contributed by atoms with Crippen LogP contribution in [0, 0.1) is 0 Å². The van der Waals surface area contributed by atoms with Gasteiger partial charge in [0.05, 0.1) is 25.2 Å². The van der Waals surface area contributed by atoms with Crippen molar-refractivity contribution in [3.63, 3.8) is 0 Å². The Bertz CT molecular complexity index is 469. The van der Waals surface area contributed by atoms with Gasteiger partial charge < -0.3 is 29.3 Å². The summed E-state index contributed by atoms with van der Waals surface area (Å²) in [6.45, 7) is 4.87. The van der Waals surface area contributed by atoms with Crippen molar-refractivity contribution < 1.29 is 38.9 Å². The molecule has 0 aliphatic heterocycles. The van der Waals surface area contributed by atoms with Crippen LogP contribution in [-0.4, -0.2) is 74.8 Å². The molecule has 29 heavy (non-hydrogen) atoms. The first-order valence-corrected chi connectivity index (χ1v) is 9.45. The number of ether oxygens (including phenoxy) is 2. The van der Waals surface area contributed by atoms with Crippen LogP contribution >= 0.6 is 0 Å². The Labute approximate surface area is 202 Å². The van der Waals surface area contributed by atoms with Crippen molar-refractivity contribution in [2.24, 2.45) is 0 Å². The largest absolute Gasteiger partial charge is 2.00 e. The zero-order valence-electron chi connectivity index (χ0n) is 17.4. The second-order valence-corrected chi connectivity index (χ2v) is 5.76. The zero-order chi connectivity index (χ0) is 21.6. The van der Waals surface area contributed by atoms with Gasteiger partial charge in [-0.25, -0.2) is 9.59 Å². The van der Waals surface area contributed by atoms with Gasteiger partial charge in [0.2, 0.25) is 0 Å². The minimum atomic E-state index is -1.40. The van der Waals surface area contributed by atoms with Gasteiger partial charge in [-0.15, -0.1) is 0 Å². The average Bonchev–Trinajstić information content (AvgIpc) is 2.65. The third kappa shape index (κ3) is 31.5. The van der Waals surface area contributed by atoms with E-state index in [0.717, 1.165) is 63.5 Å². The molecule has 0 heterocycles. The van der Waals surface area contributed by atoms with Gasteiger partial charge in [-0.05, 0) is 25.0 Å². The van der Waals surface area contributed by atoms with Crippen molar-refractivity contribution in [3.05, 3.63) is 24.3 Å². The molecule has 0 amide bonds. The van der Waals surface area contributed by atoms with Gasteiger partial charge in [0.25, 0.3) is 0 Å². The van der Waals surface area contributed by atoms with Crippen molar-refractivity contribution in [2.45, 2.75) is 65.2 Å². The van der Waals surface area contributed by atoms with Crippen LogP contribution < -0.4 is 10.2 Å². The quantitative estimate of drug-likeness (QED) is 0.165. The van der Waals surface area contributed by atoms with E-state index in [2.05, 4.69) is 13.8 Å². The summed E-state index contributed by atoms with van der Waals surface area (Å²) in [6.07, 6.45) is 11.2. The number of carbonyl (C=O) groups is 4. The number of carboxylic acid groups (broad SMARTS) is 2. The van der Waals surface area contributed by atoms with Gasteiger partial charge in [0, 0.05) is 12.2 Å². The van der Waals surface area contributed by atoms with Crippen LogP contribution in [0.2, 0.25) is 0 Å². The van der Waals surface area contributed by atoms with E-state index in [-0.39, 0.29) is 37.7 Å². The number of hydrogen-bond acceptors (Lipinski definition) is 8. The van der Waals surface area contributed by atoms with E-state index >= 15 is 0 Å². The molecular weight excluding hydrogens is 408 g/mol. The molecule has 0 bridgehead atoms. The van der Waals surface area contributed by atoms with E-state index < -0.39 is 23.9 Å². The summed E-state index contributed by atoms with van der Waals surface area (Å²) >= 11 is 0. The van der Waals surface area contributed by atoms with Crippen LogP contribution in [-0.2, 0) is 28.7 Å². The van der Waals surface area contributed by atoms with Crippen LogP contribution in [0.5, 0.6) is 0 Å². The Morgan fingerprint density at radius 3 is 1.24 bits per heavy atom. The third-order valence-electron chi connectivity index (χ3n) is 3.20. The number of carboxylic acids is 2. The number of esters is 2. The van der Waals surface area contributed by atoms with Crippen molar-refractivity contribution in [1.29, 1.82) is 0 Å². The van der Waals surface area contributed by atoms with Crippen LogP contribution in [0.4, 0.5) is 0 Å². The predicted octanol–water partition coefficient (Wildman–Crippen LogP) is 0.451. The fourth-order valence-corrected chi connectivity index (χ4v) is 1.77. The van der Waals surface area contributed by atoms with E-state index in [1.54, 1.807) is 0 Å². The number of rotatable bonds is 14. The Hall–Kier alpha value is -1.38. The van der Waals surface area contributed by atoms with E-state index in [1.807, 2.05) is 0 Å². The number of aliphatic carboxylic acids is 2. The topological polar surface area (TPSA) is 133 Å². The van der Waals surface area contributed by atoms with Crippen LogP contribution in [0.1, 0.15) is 65.2 Å². The molecule has 0 spiro atoms. The fraction of sp³-hybridized carbons (Fsp3) is 0.600. The maximum absolute atomic E-state index is 10.8. The van der Waals surface area contributed by atoms with Crippen molar-refractivity contribution >= 4 is 61.6 Å². The maximum atomic E-state index is 10.8. The molecule has 0 N–H and O–H groups in total. The van der Waals surface area contributed by atoms with Gasteiger partial charge in [-0.3, -0.25) is 0 Å². The van der Waals surface area contributed by atoms with Crippen molar-refractivity contribution in [3.8, 4) is 0 Å². The number of carbonyl (C=O) groups excluding carboxylic acids is 4. The molecule has 0 fully saturated rings. The second kappa shape index (κ2) is 24.7. The molecule has 0 aliphatic rings. The molecule has 0 unspecified atom stereocenters. The summed E-state index contributed by atoms with van der Waals surface area (Å²) < 4.78 is 9.44. The minimum absolute atomic E-state index is 0. The Balaban J connectivity index is -0.000000451. The number of hydrogen-bond donors (Lipinski definition) is 0. The monoisotopic (exact) mass is 438 g/mol. The van der Waals surface area contributed by atoms with Gasteiger partial charge in [0.1, 0.15) is 0 Å². The van der Waals surface area contributed by atoms with Crippen LogP contribution in [0.15, 0.2) is 24.3 Å². The normalized spacial score (nSPS) is 10.0. The van der Waals surface area contributed by atoms with Crippen LogP contribution in [0.25, 0.3) is 0 Å². The molecule has 8 nitrogen and oxygen atoms in total. The van der Waals surface area contributed by atoms with Crippen LogP contribution in [0.3, 0.4) is 0 Å². The summed E-state index contributed by atoms with van der Waals surface area (Å²) in [6, 6.07) is 0. The molecule has 0 saturated carbocycles. The van der Waals surface area contributed by atoms with E-state index in [9.17, 15) is 29.4 Å². The molecule has 160 valence electrons. The first-order valence-electron chi connectivity index (χ1n) is 9.45. The van der Waals surface area contributed by atoms with Gasteiger partial charge in [0.15, 0.2) is 0 Å². The molecule has 0 aliphatic carbocycles. The van der Waals surface area contributed by atoms with E-state index in [0.29, 0.717) is 25.4 Å². The first kappa shape index (κ1) is 32.3. The molecule has 0 rings (SSSR count). The molecule has 0 atom stereocenters. The second-order valence-electron chi connectivity index (χ2n) is 5.76. The first-order chi connectivity index (χ1) is 13.3. The molecule has 0 radical (unpaired) electrons. The smallest absolute Gasteiger partial charge is 0.545 e. The summed E-state index contributed by atoms with van der Waals surface area (Å²) in [5, 5.41) is 19.8. The summed E-state index contributed by atoms with van der Waals surface area (Å²) in [5.41, 5.74) is 0. The summed E-state index contributed by atoms with van der Waals surface area (Å²) in [5.74, 6) is -4.06. The minimum Gasteiger partial charge on any atom is -0.545 e.